The molecule has 0 aliphatic carbocycles. The van der Waals surface area contributed by atoms with E-state index in [0.717, 1.165) is 5.56 Å². The van der Waals surface area contributed by atoms with Crippen molar-refractivity contribution in [3.63, 3.8) is 0 Å². The number of hydrogen-bond donors (Lipinski definition) is 0. The van der Waals surface area contributed by atoms with E-state index in [1.54, 1.807) is 42.5 Å². The highest BCUT2D eigenvalue weighted by Gasteiger charge is 2.24. The van der Waals surface area contributed by atoms with Gasteiger partial charge in [-0.25, -0.2) is 8.78 Å². The third-order valence-electron chi connectivity index (χ3n) is 5.44. The van der Waals surface area contributed by atoms with E-state index in [-0.39, 0.29) is 23.8 Å². The molecule has 0 spiro atoms. The molecule has 0 aromatic heterocycles. The van der Waals surface area contributed by atoms with Gasteiger partial charge in [0.1, 0.15) is 12.4 Å². The third kappa shape index (κ3) is 4.87. The van der Waals surface area contributed by atoms with E-state index in [9.17, 15) is 13.2 Å². The average molecular weight is 452 g/mol. The number of benzene rings is 3. The van der Waals surface area contributed by atoms with Gasteiger partial charge in [-0.3, -0.25) is 0 Å². The molecule has 3 aromatic carbocycles. The summed E-state index contributed by atoms with van der Waals surface area (Å²) in [6, 6.07) is 14.4. The number of ether oxygens (including phenoxy) is 3. The molecular formula is C27H23F3O3. The summed E-state index contributed by atoms with van der Waals surface area (Å²) < 4.78 is 59.9. The summed E-state index contributed by atoms with van der Waals surface area (Å²) in [6.45, 7) is 8.13. The molecule has 0 N–H and O–H groups in total. The Morgan fingerprint density at radius 1 is 0.848 bits per heavy atom. The van der Waals surface area contributed by atoms with Gasteiger partial charge in [-0.15, -0.1) is 6.58 Å². The van der Waals surface area contributed by atoms with Gasteiger partial charge in [0.2, 0.25) is 5.82 Å². The van der Waals surface area contributed by atoms with Gasteiger partial charge in [-0.05, 0) is 34.9 Å². The molecule has 0 unspecified atom stereocenters. The molecule has 1 aliphatic heterocycles. The second kappa shape index (κ2) is 10.1. The van der Waals surface area contributed by atoms with Gasteiger partial charge in [-0.2, -0.15) is 4.39 Å². The summed E-state index contributed by atoms with van der Waals surface area (Å²) in [5.41, 5.74) is 2.30. The summed E-state index contributed by atoms with van der Waals surface area (Å²) in [5.74, 6) is -2.57. The number of rotatable bonds is 7. The van der Waals surface area contributed by atoms with Gasteiger partial charge in [0.25, 0.3) is 0 Å². The zero-order valence-corrected chi connectivity index (χ0v) is 17.9. The highest BCUT2D eigenvalue weighted by Crippen LogP contribution is 2.33. The molecule has 1 heterocycles. The van der Waals surface area contributed by atoms with Crippen LogP contribution in [0.25, 0.3) is 22.3 Å². The molecule has 1 fully saturated rings. The van der Waals surface area contributed by atoms with Crippen LogP contribution in [0.1, 0.15) is 11.9 Å². The van der Waals surface area contributed by atoms with Crippen LogP contribution in [0.15, 0.2) is 79.9 Å². The van der Waals surface area contributed by atoms with Crippen molar-refractivity contribution in [3.05, 3.63) is 103 Å². The Morgan fingerprint density at radius 2 is 1.52 bits per heavy atom. The molecule has 4 rings (SSSR count). The van der Waals surface area contributed by atoms with Gasteiger partial charge >= 0.3 is 0 Å². The first-order chi connectivity index (χ1) is 16.0. The number of hydrogen-bond acceptors (Lipinski definition) is 3. The molecule has 3 aromatic rings. The second-order valence-electron chi connectivity index (χ2n) is 7.65. The normalized spacial score (nSPS) is 18.0. The minimum Gasteiger partial charge on any atom is -0.486 e. The van der Waals surface area contributed by atoms with E-state index in [1.807, 2.05) is 0 Å². The topological polar surface area (TPSA) is 27.7 Å². The second-order valence-corrected chi connectivity index (χ2v) is 7.65. The standard InChI is InChI=1S/C27H23F3O3/c1-3-13-31-24-12-11-21(25(29)26(24)30)19-7-5-18(6-8-19)20-9-10-22(23(28)14-20)27-32-15-17(4-2)16-33-27/h3-12,14,17,27H,1-2,13,15-16H2. The fourth-order valence-corrected chi connectivity index (χ4v) is 3.59. The molecule has 1 aliphatic rings. The average Bonchev–Trinajstić information content (AvgIpc) is 2.85. The molecular weight excluding hydrogens is 429 g/mol. The Balaban J connectivity index is 1.53. The quantitative estimate of drug-likeness (QED) is 0.367. The monoisotopic (exact) mass is 452 g/mol. The lowest BCUT2D eigenvalue weighted by molar-refractivity contribution is -0.198. The summed E-state index contributed by atoms with van der Waals surface area (Å²) in [7, 11) is 0. The first-order valence-corrected chi connectivity index (χ1v) is 10.5. The van der Waals surface area contributed by atoms with Gasteiger partial charge in [0.15, 0.2) is 17.9 Å². The maximum Gasteiger partial charge on any atom is 0.201 e. The predicted molar refractivity (Wildman–Crippen MR) is 121 cm³/mol. The van der Waals surface area contributed by atoms with Crippen molar-refractivity contribution in [2.24, 2.45) is 5.92 Å². The third-order valence-corrected chi connectivity index (χ3v) is 5.44. The lowest BCUT2D eigenvalue weighted by Gasteiger charge is -2.28. The van der Waals surface area contributed by atoms with Crippen molar-refractivity contribution in [2.75, 3.05) is 19.8 Å². The highest BCUT2D eigenvalue weighted by atomic mass is 19.2. The molecule has 33 heavy (non-hydrogen) atoms. The molecule has 0 saturated carbocycles. The van der Waals surface area contributed by atoms with E-state index in [2.05, 4.69) is 13.2 Å². The predicted octanol–water partition coefficient (Wildman–Crippen LogP) is 6.85. The van der Waals surface area contributed by atoms with Gasteiger partial charge in [0, 0.05) is 17.0 Å². The van der Waals surface area contributed by atoms with Crippen molar-refractivity contribution in [1.82, 2.24) is 0 Å². The van der Waals surface area contributed by atoms with Gasteiger partial charge < -0.3 is 14.2 Å². The van der Waals surface area contributed by atoms with Crippen LogP contribution in [-0.4, -0.2) is 19.8 Å². The Kier molecular flexibility index (Phi) is 6.96. The lowest BCUT2D eigenvalue weighted by atomic mass is 9.98. The molecule has 0 atom stereocenters. The van der Waals surface area contributed by atoms with Crippen molar-refractivity contribution < 1.29 is 27.4 Å². The van der Waals surface area contributed by atoms with Crippen LogP contribution in [0, 0.1) is 23.4 Å². The van der Waals surface area contributed by atoms with Crippen molar-refractivity contribution in [3.8, 4) is 28.0 Å². The zero-order chi connectivity index (χ0) is 23.4. The summed E-state index contributed by atoms with van der Waals surface area (Å²) in [6.07, 6.45) is 2.45. The van der Waals surface area contributed by atoms with Gasteiger partial charge in [0.05, 0.1) is 13.2 Å². The Hall–Kier alpha value is -3.35. The summed E-state index contributed by atoms with van der Waals surface area (Å²) >= 11 is 0. The molecule has 0 radical (unpaired) electrons. The zero-order valence-electron chi connectivity index (χ0n) is 17.9. The minimum atomic E-state index is -1.05. The fraction of sp³-hybridized carbons (Fsp3) is 0.185. The lowest BCUT2D eigenvalue weighted by Crippen LogP contribution is -2.26. The van der Waals surface area contributed by atoms with Crippen LogP contribution in [0.2, 0.25) is 0 Å². The van der Waals surface area contributed by atoms with Gasteiger partial charge in [-0.1, -0.05) is 55.1 Å². The maximum atomic E-state index is 14.8. The highest BCUT2D eigenvalue weighted by molar-refractivity contribution is 5.71. The van der Waals surface area contributed by atoms with E-state index in [0.29, 0.717) is 29.9 Å². The van der Waals surface area contributed by atoms with E-state index in [1.165, 1.54) is 24.3 Å². The van der Waals surface area contributed by atoms with E-state index in [4.69, 9.17) is 14.2 Å². The van der Waals surface area contributed by atoms with Crippen molar-refractivity contribution in [1.29, 1.82) is 0 Å². The minimum absolute atomic E-state index is 0.0775. The fourth-order valence-electron chi connectivity index (χ4n) is 3.59. The first-order valence-electron chi connectivity index (χ1n) is 10.5. The maximum absolute atomic E-state index is 14.8. The Labute approximate surface area is 190 Å². The van der Waals surface area contributed by atoms with E-state index >= 15 is 0 Å². The van der Waals surface area contributed by atoms with Crippen LogP contribution in [0.4, 0.5) is 13.2 Å². The summed E-state index contributed by atoms with van der Waals surface area (Å²) in [5, 5.41) is 0. The smallest absolute Gasteiger partial charge is 0.201 e. The molecule has 0 amide bonds. The summed E-state index contributed by atoms with van der Waals surface area (Å²) in [4.78, 5) is 0. The molecule has 1 saturated heterocycles. The molecule has 170 valence electrons. The largest absolute Gasteiger partial charge is 0.486 e. The SMILES string of the molecule is C=CCOc1ccc(-c2ccc(-c3ccc(C4OCC(C=C)CO4)c(F)c3)cc2)c(F)c1F. The molecule has 3 nitrogen and oxygen atoms in total. The van der Waals surface area contributed by atoms with Crippen LogP contribution in [0.5, 0.6) is 5.75 Å². The van der Waals surface area contributed by atoms with E-state index < -0.39 is 23.7 Å². The number of halogens is 3. The molecule has 6 heteroatoms. The van der Waals surface area contributed by atoms with Crippen LogP contribution in [-0.2, 0) is 9.47 Å². The Bertz CT molecular complexity index is 1150. The Morgan fingerprint density at radius 3 is 2.15 bits per heavy atom. The van der Waals surface area contributed by atoms with Crippen molar-refractivity contribution in [2.45, 2.75) is 6.29 Å². The molecule has 0 bridgehead atoms. The first kappa shape index (κ1) is 22.8. The van der Waals surface area contributed by atoms with Crippen LogP contribution in [0.3, 0.4) is 0 Å². The van der Waals surface area contributed by atoms with Crippen LogP contribution < -0.4 is 4.74 Å². The van der Waals surface area contributed by atoms with Crippen molar-refractivity contribution >= 4 is 0 Å². The van der Waals surface area contributed by atoms with Crippen LogP contribution >= 0.6 is 0 Å².